The third kappa shape index (κ3) is 4.12. The second kappa shape index (κ2) is 7.50. The molecule has 1 fully saturated rings. The van der Waals surface area contributed by atoms with Gasteiger partial charge in [0.2, 0.25) is 0 Å². The molecule has 1 heterocycles. The predicted molar refractivity (Wildman–Crippen MR) is 81.5 cm³/mol. The summed E-state index contributed by atoms with van der Waals surface area (Å²) >= 11 is 0. The van der Waals surface area contributed by atoms with E-state index in [-0.39, 0.29) is 0 Å². The molecule has 0 aliphatic carbocycles. The summed E-state index contributed by atoms with van der Waals surface area (Å²) in [5.74, 6) is 1.70. The molecule has 1 aromatic rings. The molecular formula is C16H26N2O2. The van der Waals surface area contributed by atoms with Crippen LogP contribution in [0, 0.1) is 0 Å². The largest absolute Gasteiger partial charge is 0.490 e. The lowest BCUT2D eigenvalue weighted by Crippen LogP contribution is -2.48. The minimum Gasteiger partial charge on any atom is -0.490 e. The molecule has 1 aliphatic heterocycles. The van der Waals surface area contributed by atoms with Crippen LogP contribution < -0.4 is 14.8 Å². The molecule has 1 unspecified atom stereocenters. The molecule has 0 amide bonds. The summed E-state index contributed by atoms with van der Waals surface area (Å²) in [6, 6.07) is 6.84. The van der Waals surface area contributed by atoms with E-state index >= 15 is 0 Å². The lowest BCUT2D eigenvalue weighted by molar-refractivity contribution is 0.199. The maximum Gasteiger partial charge on any atom is 0.161 e. The molecule has 0 spiro atoms. The van der Waals surface area contributed by atoms with Gasteiger partial charge in [-0.3, -0.25) is 4.90 Å². The highest BCUT2D eigenvalue weighted by molar-refractivity contribution is 5.43. The maximum absolute atomic E-state index is 5.68. The number of hydrogen-bond acceptors (Lipinski definition) is 4. The zero-order chi connectivity index (χ0) is 14.4. The van der Waals surface area contributed by atoms with E-state index in [1.54, 1.807) is 0 Å². The Hall–Kier alpha value is -1.26. The number of hydrogen-bond donors (Lipinski definition) is 1. The van der Waals surface area contributed by atoms with E-state index < -0.39 is 0 Å². The Balaban J connectivity index is 2.05. The third-order valence-corrected chi connectivity index (χ3v) is 3.47. The smallest absolute Gasteiger partial charge is 0.161 e. The molecule has 0 aromatic heterocycles. The van der Waals surface area contributed by atoms with E-state index in [1.165, 1.54) is 5.56 Å². The molecule has 20 heavy (non-hydrogen) atoms. The lowest BCUT2D eigenvalue weighted by Gasteiger charge is -2.31. The quantitative estimate of drug-likeness (QED) is 0.865. The molecule has 4 nitrogen and oxygen atoms in total. The van der Waals surface area contributed by atoms with Gasteiger partial charge in [0, 0.05) is 32.2 Å². The highest BCUT2D eigenvalue weighted by atomic mass is 16.5. The Labute approximate surface area is 122 Å². The van der Waals surface area contributed by atoms with Crippen molar-refractivity contribution in [1.29, 1.82) is 0 Å². The van der Waals surface area contributed by atoms with Crippen molar-refractivity contribution in [1.82, 2.24) is 10.2 Å². The van der Waals surface area contributed by atoms with Crippen LogP contribution in [0.1, 0.15) is 26.3 Å². The fourth-order valence-electron chi connectivity index (χ4n) is 2.61. The topological polar surface area (TPSA) is 33.7 Å². The normalized spacial score (nSPS) is 19.9. The van der Waals surface area contributed by atoms with E-state index in [0.717, 1.165) is 37.7 Å². The van der Waals surface area contributed by atoms with E-state index in [0.29, 0.717) is 19.3 Å². The molecule has 1 aromatic carbocycles. The van der Waals surface area contributed by atoms with Crippen molar-refractivity contribution in [3.63, 3.8) is 0 Å². The van der Waals surface area contributed by atoms with Gasteiger partial charge in [-0.15, -0.1) is 0 Å². The van der Waals surface area contributed by atoms with Crippen LogP contribution in [0.5, 0.6) is 11.5 Å². The van der Waals surface area contributed by atoms with Crippen LogP contribution in [0.25, 0.3) is 0 Å². The van der Waals surface area contributed by atoms with Gasteiger partial charge in [0.05, 0.1) is 13.2 Å². The molecule has 1 aliphatic rings. The van der Waals surface area contributed by atoms with Crippen molar-refractivity contribution in [2.75, 3.05) is 32.8 Å². The summed E-state index contributed by atoms with van der Waals surface area (Å²) in [5.41, 5.74) is 1.28. The Bertz CT molecular complexity index is 423. The summed E-state index contributed by atoms with van der Waals surface area (Å²) in [7, 11) is 0. The fourth-order valence-corrected chi connectivity index (χ4v) is 2.61. The van der Waals surface area contributed by atoms with Crippen molar-refractivity contribution in [2.45, 2.75) is 33.4 Å². The van der Waals surface area contributed by atoms with Gasteiger partial charge in [-0.1, -0.05) is 6.07 Å². The fraction of sp³-hybridized carbons (Fsp3) is 0.625. The number of benzene rings is 1. The van der Waals surface area contributed by atoms with Crippen LogP contribution in [-0.4, -0.2) is 43.8 Å². The molecule has 112 valence electrons. The maximum atomic E-state index is 5.68. The van der Waals surface area contributed by atoms with Crippen molar-refractivity contribution < 1.29 is 9.47 Å². The van der Waals surface area contributed by atoms with Crippen molar-refractivity contribution >= 4 is 0 Å². The van der Waals surface area contributed by atoms with Gasteiger partial charge in [-0.25, -0.2) is 0 Å². The minimum atomic E-state index is 0.567. The molecule has 4 heteroatoms. The second-order valence-corrected chi connectivity index (χ2v) is 5.24. The number of piperazine rings is 1. The summed E-state index contributed by atoms with van der Waals surface area (Å²) in [4.78, 5) is 2.48. The first-order valence-electron chi connectivity index (χ1n) is 7.57. The molecule has 1 atom stereocenters. The highest BCUT2D eigenvalue weighted by Gasteiger charge is 2.16. The van der Waals surface area contributed by atoms with Crippen LogP contribution in [0.4, 0.5) is 0 Å². The molecule has 0 bridgehead atoms. The summed E-state index contributed by atoms with van der Waals surface area (Å²) in [6.07, 6.45) is 0. The summed E-state index contributed by atoms with van der Waals surface area (Å²) < 4.78 is 11.3. The van der Waals surface area contributed by atoms with Gasteiger partial charge in [0.15, 0.2) is 11.5 Å². The predicted octanol–water partition coefficient (Wildman–Crippen LogP) is 2.28. The average molecular weight is 278 g/mol. The second-order valence-electron chi connectivity index (χ2n) is 5.24. The number of nitrogens with zero attached hydrogens (tertiary/aromatic N) is 1. The Kier molecular flexibility index (Phi) is 5.68. The first-order chi connectivity index (χ1) is 9.72. The third-order valence-electron chi connectivity index (χ3n) is 3.47. The van der Waals surface area contributed by atoms with Crippen LogP contribution in [0.2, 0.25) is 0 Å². The van der Waals surface area contributed by atoms with E-state index in [9.17, 15) is 0 Å². The van der Waals surface area contributed by atoms with Gasteiger partial charge < -0.3 is 14.8 Å². The number of ether oxygens (including phenoxy) is 2. The minimum absolute atomic E-state index is 0.567. The molecular weight excluding hydrogens is 252 g/mol. The summed E-state index contributed by atoms with van der Waals surface area (Å²) in [5, 5.41) is 3.47. The van der Waals surface area contributed by atoms with Gasteiger partial charge in [-0.05, 0) is 38.5 Å². The van der Waals surface area contributed by atoms with Gasteiger partial charge in [0.1, 0.15) is 0 Å². The Morgan fingerprint density at radius 2 is 1.95 bits per heavy atom. The number of nitrogens with one attached hydrogen (secondary N) is 1. The monoisotopic (exact) mass is 278 g/mol. The highest BCUT2D eigenvalue weighted by Crippen LogP contribution is 2.29. The van der Waals surface area contributed by atoms with E-state index in [4.69, 9.17) is 9.47 Å². The first kappa shape index (κ1) is 15.1. The Morgan fingerprint density at radius 1 is 1.20 bits per heavy atom. The van der Waals surface area contributed by atoms with Crippen LogP contribution in [-0.2, 0) is 6.54 Å². The van der Waals surface area contributed by atoms with Crippen molar-refractivity contribution in [3.8, 4) is 11.5 Å². The average Bonchev–Trinajstić information content (AvgIpc) is 2.42. The SMILES string of the molecule is CCOc1ccc(CN2CCNC(C)C2)cc1OCC. The van der Waals surface area contributed by atoms with E-state index in [2.05, 4.69) is 29.3 Å². The summed E-state index contributed by atoms with van der Waals surface area (Å²) in [6.45, 7) is 11.8. The zero-order valence-electron chi connectivity index (χ0n) is 12.8. The first-order valence-corrected chi connectivity index (χ1v) is 7.57. The zero-order valence-corrected chi connectivity index (χ0v) is 12.8. The molecule has 0 saturated carbocycles. The van der Waals surface area contributed by atoms with Crippen LogP contribution in [0.3, 0.4) is 0 Å². The number of rotatable bonds is 6. The molecule has 2 rings (SSSR count). The van der Waals surface area contributed by atoms with Crippen molar-refractivity contribution in [2.24, 2.45) is 0 Å². The standard InChI is InChI=1S/C16H26N2O2/c1-4-19-15-7-6-14(10-16(15)20-5-2)12-18-9-8-17-13(3)11-18/h6-7,10,13,17H,4-5,8-9,11-12H2,1-3H3. The van der Waals surface area contributed by atoms with Gasteiger partial charge in [-0.2, -0.15) is 0 Å². The van der Waals surface area contributed by atoms with Crippen LogP contribution in [0.15, 0.2) is 18.2 Å². The van der Waals surface area contributed by atoms with Crippen LogP contribution >= 0.6 is 0 Å². The Morgan fingerprint density at radius 3 is 2.65 bits per heavy atom. The van der Waals surface area contributed by atoms with Gasteiger partial charge >= 0.3 is 0 Å². The molecule has 1 N–H and O–H groups in total. The van der Waals surface area contributed by atoms with Gasteiger partial charge in [0.25, 0.3) is 0 Å². The lowest BCUT2D eigenvalue weighted by atomic mass is 10.1. The van der Waals surface area contributed by atoms with Crippen molar-refractivity contribution in [3.05, 3.63) is 23.8 Å². The van der Waals surface area contributed by atoms with E-state index in [1.807, 2.05) is 19.9 Å². The molecule has 1 saturated heterocycles. The molecule has 0 radical (unpaired) electrons.